The number of aliphatic hydroxyl groups excluding tert-OH is 1. The van der Waals surface area contributed by atoms with Gasteiger partial charge in [-0.15, -0.1) is 0 Å². The van der Waals surface area contributed by atoms with E-state index in [1.165, 1.54) is 0 Å². The molecule has 0 amide bonds. The summed E-state index contributed by atoms with van der Waals surface area (Å²) >= 11 is 0. The molecule has 0 radical (unpaired) electrons. The molecule has 1 rings (SSSR count). The zero-order valence-corrected chi connectivity index (χ0v) is 10.4. The zero-order valence-electron chi connectivity index (χ0n) is 10.4. The molecule has 0 aromatic carbocycles. The van der Waals surface area contributed by atoms with Crippen molar-refractivity contribution in [2.75, 3.05) is 13.2 Å². The monoisotopic (exact) mass is 229 g/mol. The maximum Gasteiger partial charge on any atom is 0.317 e. The van der Waals surface area contributed by atoms with Crippen molar-refractivity contribution in [1.82, 2.24) is 5.32 Å². The van der Waals surface area contributed by atoms with Crippen molar-refractivity contribution in [3.63, 3.8) is 0 Å². The number of nitrogens with one attached hydrogen (secondary N) is 1. The first-order chi connectivity index (χ1) is 7.29. The van der Waals surface area contributed by atoms with Gasteiger partial charge in [0.15, 0.2) is 0 Å². The van der Waals surface area contributed by atoms with Crippen molar-refractivity contribution in [2.24, 2.45) is 11.3 Å². The second-order valence-electron chi connectivity index (χ2n) is 6.04. The fourth-order valence-electron chi connectivity index (χ4n) is 3.32. The van der Waals surface area contributed by atoms with Gasteiger partial charge in [-0.1, -0.05) is 20.8 Å². The van der Waals surface area contributed by atoms with Crippen LogP contribution in [0.25, 0.3) is 0 Å². The van der Waals surface area contributed by atoms with Gasteiger partial charge >= 0.3 is 5.97 Å². The molecule has 0 saturated heterocycles. The lowest BCUT2D eigenvalue weighted by molar-refractivity contribution is -0.136. The highest BCUT2D eigenvalue weighted by molar-refractivity contribution is 5.69. The fourth-order valence-corrected chi connectivity index (χ4v) is 3.32. The Kier molecular flexibility index (Phi) is 3.97. The smallest absolute Gasteiger partial charge is 0.317 e. The lowest BCUT2D eigenvalue weighted by Crippen LogP contribution is -2.56. The molecule has 1 saturated carbocycles. The van der Waals surface area contributed by atoms with Gasteiger partial charge in [0.2, 0.25) is 0 Å². The van der Waals surface area contributed by atoms with Crippen LogP contribution in [0, 0.1) is 11.3 Å². The molecule has 16 heavy (non-hydrogen) atoms. The van der Waals surface area contributed by atoms with Gasteiger partial charge in [0.25, 0.3) is 0 Å². The lowest BCUT2D eigenvalue weighted by Gasteiger charge is -2.47. The lowest BCUT2D eigenvalue weighted by atomic mass is 9.64. The van der Waals surface area contributed by atoms with Gasteiger partial charge in [-0.2, -0.15) is 0 Å². The van der Waals surface area contributed by atoms with E-state index in [4.69, 9.17) is 5.11 Å². The number of rotatable bonds is 4. The molecule has 94 valence electrons. The van der Waals surface area contributed by atoms with Crippen LogP contribution in [0.1, 0.15) is 40.0 Å². The number of aliphatic hydroxyl groups is 1. The van der Waals surface area contributed by atoms with Crippen molar-refractivity contribution >= 4 is 5.97 Å². The molecule has 4 nitrogen and oxygen atoms in total. The Morgan fingerprint density at radius 3 is 2.50 bits per heavy atom. The normalized spacial score (nSPS) is 33.6. The van der Waals surface area contributed by atoms with E-state index in [1.807, 2.05) is 0 Å². The second kappa shape index (κ2) is 4.72. The molecule has 0 spiro atoms. The number of aliphatic carboxylic acids is 1. The van der Waals surface area contributed by atoms with Crippen molar-refractivity contribution in [3.8, 4) is 0 Å². The molecule has 1 aliphatic rings. The Morgan fingerprint density at radius 1 is 1.44 bits per heavy atom. The van der Waals surface area contributed by atoms with E-state index in [2.05, 4.69) is 26.1 Å². The van der Waals surface area contributed by atoms with Crippen molar-refractivity contribution in [2.45, 2.75) is 45.6 Å². The van der Waals surface area contributed by atoms with Crippen LogP contribution in [-0.4, -0.2) is 34.9 Å². The molecule has 2 unspecified atom stereocenters. The van der Waals surface area contributed by atoms with E-state index < -0.39 is 11.5 Å². The van der Waals surface area contributed by atoms with Gasteiger partial charge in [-0.3, -0.25) is 10.1 Å². The average molecular weight is 229 g/mol. The third-order valence-corrected chi connectivity index (χ3v) is 3.37. The number of carboxylic acid groups (broad SMARTS) is 1. The largest absolute Gasteiger partial charge is 0.480 e. The van der Waals surface area contributed by atoms with Crippen LogP contribution in [-0.2, 0) is 4.79 Å². The van der Waals surface area contributed by atoms with E-state index in [0.717, 1.165) is 19.3 Å². The predicted octanol–water partition coefficient (Wildman–Crippen LogP) is 1.24. The Balaban J connectivity index is 2.73. The molecule has 0 aliphatic heterocycles. The minimum atomic E-state index is -0.871. The molecule has 0 bridgehead atoms. The molecule has 0 heterocycles. The highest BCUT2D eigenvalue weighted by Crippen LogP contribution is 2.43. The van der Waals surface area contributed by atoms with E-state index in [-0.39, 0.29) is 18.6 Å². The van der Waals surface area contributed by atoms with Crippen molar-refractivity contribution < 1.29 is 15.0 Å². The topological polar surface area (TPSA) is 69.6 Å². The van der Waals surface area contributed by atoms with Gasteiger partial charge in [0.1, 0.15) is 0 Å². The van der Waals surface area contributed by atoms with Gasteiger partial charge in [-0.05, 0) is 30.6 Å². The number of carbonyl (C=O) groups is 1. The van der Waals surface area contributed by atoms with Gasteiger partial charge in [0, 0.05) is 5.54 Å². The molecular formula is C12H23NO3. The van der Waals surface area contributed by atoms with Crippen LogP contribution < -0.4 is 5.32 Å². The number of carboxylic acids is 1. The molecular weight excluding hydrogens is 206 g/mol. The summed E-state index contributed by atoms with van der Waals surface area (Å²) in [6.45, 7) is 6.44. The first-order valence-electron chi connectivity index (χ1n) is 5.86. The Bertz CT molecular complexity index is 265. The summed E-state index contributed by atoms with van der Waals surface area (Å²) in [6.07, 6.45) is 2.80. The zero-order chi connectivity index (χ0) is 12.4. The standard InChI is InChI=1S/C12H23NO3/c1-9-4-11(2,3)7-12(5-9,8-14)13-6-10(15)16/h9,13-14H,4-8H2,1-3H3,(H,15,16). The summed E-state index contributed by atoms with van der Waals surface area (Å²) in [5.74, 6) is -0.360. The minimum absolute atomic E-state index is 0.00799. The van der Waals surface area contributed by atoms with E-state index in [1.54, 1.807) is 0 Å². The summed E-state index contributed by atoms with van der Waals surface area (Å²) in [5.41, 5.74) is -0.258. The van der Waals surface area contributed by atoms with Gasteiger partial charge < -0.3 is 10.2 Å². The molecule has 1 aliphatic carbocycles. The fraction of sp³-hybridized carbons (Fsp3) is 0.917. The predicted molar refractivity (Wildman–Crippen MR) is 62.3 cm³/mol. The first kappa shape index (κ1) is 13.5. The third-order valence-electron chi connectivity index (χ3n) is 3.37. The molecule has 2 atom stereocenters. The van der Waals surface area contributed by atoms with Crippen LogP contribution in [0.5, 0.6) is 0 Å². The highest BCUT2D eigenvalue weighted by Gasteiger charge is 2.42. The highest BCUT2D eigenvalue weighted by atomic mass is 16.4. The molecule has 0 aromatic heterocycles. The minimum Gasteiger partial charge on any atom is -0.480 e. The Labute approximate surface area is 97.0 Å². The van der Waals surface area contributed by atoms with Crippen LogP contribution in [0.4, 0.5) is 0 Å². The molecule has 3 N–H and O–H groups in total. The number of hydrogen-bond acceptors (Lipinski definition) is 3. The van der Waals surface area contributed by atoms with Gasteiger partial charge in [0.05, 0.1) is 13.2 Å². The molecule has 0 aromatic rings. The van der Waals surface area contributed by atoms with Crippen LogP contribution in [0.2, 0.25) is 0 Å². The molecule has 1 fully saturated rings. The quantitative estimate of drug-likeness (QED) is 0.678. The van der Waals surface area contributed by atoms with Crippen molar-refractivity contribution in [3.05, 3.63) is 0 Å². The summed E-state index contributed by atoms with van der Waals surface area (Å²) in [4.78, 5) is 10.6. The molecule has 4 heteroatoms. The van der Waals surface area contributed by atoms with Gasteiger partial charge in [-0.25, -0.2) is 0 Å². The summed E-state index contributed by atoms with van der Waals surface area (Å²) < 4.78 is 0. The van der Waals surface area contributed by atoms with Crippen molar-refractivity contribution in [1.29, 1.82) is 0 Å². The SMILES string of the molecule is CC1CC(C)(C)CC(CO)(NCC(=O)O)C1. The summed E-state index contributed by atoms with van der Waals surface area (Å²) in [6, 6.07) is 0. The maximum atomic E-state index is 10.6. The van der Waals surface area contributed by atoms with E-state index in [0.29, 0.717) is 5.92 Å². The van der Waals surface area contributed by atoms with Crippen LogP contribution in [0.15, 0.2) is 0 Å². The average Bonchev–Trinajstić information content (AvgIpc) is 2.11. The van der Waals surface area contributed by atoms with Crippen LogP contribution in [0.3, 0.4) is 0 Å². The van der Waals surface area contributed by atoms with E-state index in [9.17, 15) is 9.90 Å². The number of hydrogen-bond donors (Lipinski definition) is 3. The van der Waals surface area contributed by atoms with Crippen LogP contribution >= 0.6 is 0 Å². The first-order valence-corrected chi connectivity index (χ1v) is 5.86. The summed E-state index contributed by atoms with van der Waals surface area (Å²) in [7, 11) is 0. The summed E-state index contributed by atoms with van der Waals surface area (Å²) in [5, 5.41) is 21.3. The third kappa shape index (κ3) is 3.46. The Morgan fingerprint density at radius 2 is 2.06 bits per heavy atom. The maximum absolute atomic E-state index is 10.6. The second-order valence-corrected chi connectivity index (χ2v) is 6.04. The Hall–Kier alpha value is -0.610. The van der Waals surface area contributed by atoms with E-state index >= 15 is 0 Å².